The number of hydrogen-bond donors (Lipinski definition) is 1. The molecule has 0 amide bonds. The minimum absolute atomic E-state index is 0.175. The molecule has 1 atom stereocenters. The van der Waals surface area contributed by atoms with E-state index in [0.717, 1.165) is 25.0 Å². The summed E-state index contributed by atoms with van der Waals surface area (Å²) >= 11 is 0. The van der Waals surface area contributed by atoms with Crippen LogP contribution in [0.5, 0.6) is 5.75 Å². The van der Waals surface area contributed by atoms with Crippen LogP contribution in [0, 0.1) is 5.82 Å². The molecule has 0 unspecified atom stereocenters. The first-order chi connectivity index (χ1) is 8.65. The van der Waals surface area contributed by atoms with Crippen molar-refractivity contribution in [1.29, 1.82) is 0 Å². The molecule has 4 heteroatoms. The summed E-state index contributed by atoms with van der Waals surface area (Å²) in [5.41, 5.74) is 6.44. The van der Waals surface area contributed by atoms with E-state index in [2.05, 4.69) is 6.92 Å². The quantitative estimate of drug-likeness (QED) is 0.726. The molecule has 0 saturated heterocycles. The summed E-state index contributed by atoms with van der Waals surface area (Å²) in [5, 5.41) is 0. The highest BCUT2D eigenvalue weighted by Crippen LogP contribution is 2.20. The smallest absolute Gasteiger partial charge is 0.165 e. The van der Waals surface area contributed by atoms with Crippen LogP contribution in [0.1, 0.15) is 38.3 Å². The standard InChI is InChI=1S/C14H22FNO2/c1-3-4-7-17-8-9-18-14-6-5-12(11(2)16)10-13(14)15/h5-6,10-11H,3-4,7-9,16H2,1-2H3/t11-/m1/s1. The van der Waals surface area contributed by atoms with Crippen molar-refractivity contribution in [2.75, 3.05) is 19.8 Å². The number of unbranched alkanes of at least 4 members (excludes halogenated alkanes) is 1. The molecular formula is C14H22FNO2. The average molecular weight is 255 g/mol. The Hall–Kier alpha value is -1.13. The van der Waals surface area contributed by atoms with Crippen molar-refractivity contribution in [3.05, 3.63) is 29.6 Å². The van der Waals surface area contributed by atoms with Crippen molar-refractivity contribution < 1.29 is 13.9 Å². The van der Waals surface area contributed by atoms with E-state index in [1.54, 1.807) is 12.1 Å². The predicted molar refractivity (Wildman–Crippen MR) is 70.2 cm³/mol. The molecule has 3 nitrogen and oxygen atoms in total. The van der Waals surface area contributed by atoms with Gasteiger partial charge in [0.1, 0.15) is 6.61 Å². The molecular weight excluding hydrogens is 233 g/mol. The van der Waals surface area contributed by atoms with Gasteiger partial charge in [-0.2, -0.15) is 0 Å². The van der Waals surface area contributed by atoms with E-state index < -0.39 is 0 Å². The average Bonchev–Trinajstić information content (AvgIpc) is 2.35. The molecule has 1 aromatic carbocycles. The number of benzene rings is 1. The Morgan fingerprint density at radius 2 is 2.06 bits per heavy atom. The fourth-order valence-electron chi connectivity index (χ4n) is 1.48. The molecule has 0 aromatic heterocycles. The van der Waals surface area contributed by atoms with Crippen molar-refractivity contribution >= 4 is 0 Å². The summed E-state index contributed by atoms with van der Waals surface area (Å²) in [4.78, 5) is 0. The second-order valence-corrected chi connectivity index (χ2v) is 4.29. The Labute approximate surface area is 108 Å². The molecule has 1 rings (SSSR count). The van der Waals surface area contributed by atoms with Crippen LogP contribution in [-0.4, -0.2) is 19.8 Å². The predicted octanol–water partition coefficient (Wildman–Crippen LogP) is 3.04. The van der Waals surface area contributed by atoms with Crippen molar-refractivity contribution in [3.8, 4) is 5.75 Å². The molecule has 0 spiro atoms. The molecule has 1 aromatic rings. The number of halogens is 1. The number of nitrogens with two attached hydrogens (primary N) is 1. The van der Waals surface area contributed by atoms with Gasteiger partial charge in [0.25, 0.3) is 0 Å². The summed E-state index contributed by atoms with van der Waals surface area (Å²) in [6, 6.07) is 4.63. The van der Waals surface area contributed by atoms with E-state index in [0.29, 0.717) is 13.2 Å². The highest BCUT2D eigenvalue weighted by atomic mass is 19.1. The summed E-state index contributed by atoms with van der Waals surface area (Å²) in [5.74, 6) is -0.128. The molecule has 0 saturated carbocycles. The highest BCUT2D eigenvalue weighted by Gasteiger charge is 2.07. The monoisotopic (exact) mass is 255 g/mol. The third-order valence-electron chi connectivity index (χ3n) is 2.61. The maximum atomic E-state index is 13.6. The van der Waals surface area contributed by atoms with Crippen LogP contribution in [0.4, 0.5) is 4.39 Å². The third-order valence-corrected chi connectivity index (χ3v) is 2.61. The molecule has 0 fully saturated rings. The summed E-state index contributed by atoms with van der Waals surface area (Å²) in [7, 11) is 0. The van der Waals surface area contributed by atoms with Gasteiger partial charge in [0.15, 0.2) is 11.6 Å². The van der Waals surface area contributed by atoms with E-state index in [9.17, 15) is 4.39 Å². The molecule has 18 heavy (non-hydrogen) atoms. The van der Waals surface area contributed by atoms with Gasteiger partial charge >= 0.3 is 0 Å². The van der Waals surface area contributed by atoms with Crippen LogP contribution >= 0.6 is 0 Å². The molecule has 0 aliphatic heterocycles. The Morgan fingerprint density at radius 3 is 2.67 bits per heavy atom. The summed E-state index contributed by atoms with van der Waals surface area (Å²) in [6.07, 6.45) is 2.14. The van der Waals surface area contributed by atoms with Gasteiger partial charge in [0.05, 0.1) is 6.61 Å². The summed E-state index contributed by atoms with van der Waals surface area (Å²) in [6.45, 7) is 5.49. The van der Waals surface area contributed by atoms with Crippen LogP contribution in [0.3, 0.4) is 0 Å². The first-order valence-corrected chi connectivity index (χ1v) is 6.40. The van der Waals surface area contributed by atoms with Crippen LogP contribution in [-0.2, 0) is 4.74 Å². The first kappa shape index (κ1) is 14.9. The Morgan fingerprint density at radius 1 is 1.28 bits per heavy atom. The zero-order valence-corrected chi connectivity index (χ0v) is 11.1. The Bertz CT molecular complexity index is 356. The number of ether oxygens (including phenoxy) is 2. The first-order valence-electron chi connectivity index (χ1n) is 6.40. The van der Waals surface area contributed by atoms with Crippen LogP contribution in [0.2, 0.25) is 0 Å². The van der Waals surface area contributed by atoms with Crippen molar-refractivity contribution in [2.24, 2.45) is 5.73 Å². The van der Waals surface area contributed by atoms with Crippen molar-refractivity contribution in [1.82, 2.24) is 0 Å². The second kappa shape index (κ2) is 8.06. The lowest BCUT2D eigenvalue weighted by molar-refractivity contribution is 0.0967. The molecule has 0 aliphatic rings. The van der Waals surface area contributed by atoms with Gasteiger partial charge in [-0.05, 0) is 31.0 Å². The largest absolute Gasteiger partial charge is 0.488 e. The SMILES string of the molecule is CCCCOCCOc1ccc([C@@H](C)N)cc1F. The van der Waals surface area contributed by atoms with Crippen LogP contribution < -0.4 is 10.5 Å². The molecule has 102 valence electrons. The van der Waals surface area contributed by atoms with Gasteiger partial charge in [-0.15, -0.1) is 0 Å². The fraction of sp³-hybridized carbons (Fsp3) is 0.571. The highest BCUT2D eigenvalue weighted by molar-refractivity contribution is 5.30. The second-order valence-electron chi connectivity index (χ2n) is 4.29. The van der Waals surface area contributed by atoms with Gasteiger partial charge in [0.2, 0.25) is 0 Å². The third kappa shape index (κ3) is 5.02. The van der Waals surface area contributed by atoms with Crippen molar-refractivity contribution in [2.45, 2.75) is 32.7 Å². The van der Waals surface area contributed by atoms with Gasteiger partial charge in [-0.3, -0.25) is 0 Å². The van der Waals surface area contributed by atoms with Gasteiger partial charge in [0, 0.05) is 12.6 Å². The molecule has 2 N–H and O–H groups in total. The van der Waals surface area contributed by atoms with Gasteiger partial charge in [-0.25, -0.2) is 4.39 Å². The van der Waals surface area contributed by atoms with E-state index in [-0.39, 0.29) is 17.6 Å². The molecule has 0 bridgehead atoms. The lowest BCUT2D eigenvalue weighted by atomic mass is 10.1. The molecule has 0 heterocycles. The zero-order chi connectivity index (χ0) is 13.4. The van der Waals surface area contributed by atoms with E-state index in [1.165, 1.54) is 6.07 Å². The van der Waals surface area contributed by atoms with Gasteiger partial charge in [-0.1, -0.05) is 19.4 Å². The minimum Gasteiger partial charge on any atom is -0.488 e. The van der Waals surface area contributed by atoms with Crippen LogP contribution in [0.15, 0.2) is 18.2 Å². The topological polar surface area (TPSA) is 44.5 Å². The zero-order valence-electron chi connectivity index (χ0n) is 11.1. The lowest BCUT2D eigenvalue weighted by Crippen LogP contribution is -2.09. The van der Waals surface area contributed by atoms with Crippen LogP contribution in [0.25, 0.3) is 0 Å². The number of hydrogen-bond acceptors (Lipinski definition) is 3. The maximum Gasteiger partial charge on any atom is 0.165 e. The molecule has 0 radical (unpaired) electrons. The fourth-order valence-corrected chi connectivity index (χ4v) is 1.48. The molecule has 0 aliphatic carbocycles. The normalized spacial score (nSPS) is 12.4. The van der Waals surface area contributed by atoms with E-state index in [1.807, 2.05) is 6.92 Å². The van der Waals surface area contributed by atoms with E-state index >= 15 is 0 Å². The Balaban J connectivity index is 2.34. The van der Waals surface area contributed by atoms with E-state index in [4.69, 9.17) is 15.2 Å². The number of rotatable bonds is 8. The Kier molecular flexibility index (Phi) is 6.68. The van der Waals surface area contributed by atoms with Gasteiger partial charge < -0.3 is 15.2 Å². The van der Waals surface area contributed by atoms with Crippen molar-refractivity contribution in [3.63, 3.8) is 0 Å². The lowest BCUT2D eigenvalue weighted by Gasteiger charge is -2.10. The minimum atomic E-state index is -0.377. The summed E-state index contributed by atoms with van der Waals surface area (Å²) < 4.78 is 24.3. The maximum absolute atomic E-state index is 13.6.